The fourth-order valence-electron chi connectivity index (χ4n) is 3.01. The SMILES string of the molecule is CCCC(=O)NC1CCCN(C(=O)CNC(=O)Nc2cccc(C)c2)C1. The quantitative estimate of drug-likeness (QED) is 0.725. The van der Waals surface area contributed by atoms with Gasteiger partial charge in [0, 0.05) is 31.2 Å². The summed E-state index contributed by atoms with van der Waals surface area (Å²) in [5.74, 6) is -0.110. The number of anilines is 1. The van der Waals surface area contributed by atoms with Crippen molar-refractivity contribution in [2.45, 2.75) is 45.6 Å². The fourth-order valence-corrected chi connectivity index (χ4v) is 3.01. The van der Waals surface area contributed by atoms with Gasteiger partial charge >= 0.3 is 6.03 Å². The molecule has 7 heteroatoms. The molecule has 1 heterocycles. The van der Waals surface area contributed by atoms with E-state index in [2.05, 4.69) is 16.0 Å². The first kappa shape index (κ1) is 19.8. The summed E-state index contributed by atoms with van der Waals surface area (Å²) in [5.41, 5.74) is 1.73. The number of amides is 4. The molecule has 2 rings (SSSR count). The van der Waals surface area contributed by atoms with E-state index in [1.807, 2.05) is 32.0 Å². The van der Waals surface area contributed by atoms with Crippen molar-refractivity contribution in [3.05, 3.63) is 29.8 Å². The molecule has 0 aliphatic carbocycles. The Bertz CT molecular complexity index is 647. The highest BCUT2D eigenvalue weighted by Crippen LogP contribution is 2.11. The maximum Gasteiger partial charge on any atom is 0.319 e. The van der Waals surface area contributed by atoms with Gasteiger partial charge < -0.3 is 20.9 Å². The van der Waals surface area contributed by atoms with E-state index in [1.54, 1.807) is 11.0 Å². The average Bonchev–Trinajstić information content (AvgIpc) is 2.60. The lowest BCUT2D eigenvalue weighted by molar-refractivity contribution is -0.132. The first-order valence-corrected chi connectivity index (χ1v) is 9.16. The minimum absolute atomic E-state index is 0.00660. The number of nitrogens with zero attached hydrogens (tertiary/aromatic N) is 1. The van der Waals surface area contributed by atoms with E-state index in [4.69, 9.17) is 0 Å². The number of benzene rings is 1. The zero-order valence-corrected chi connectivity index (χ0v) is 15.5. The van der Waals surface area contributed by atoms with Crippen LogP contribution in [0.1, 0.15) is 38.2 Å². The summed E-state index contributed by atoms with van der Waals surface area (Å²) in [4.78, 5) is 37.7. The third-order valence-electron chi connectivity index (χ3n) is 4.29. The van der Waals surface area contributed by atoms with E-state index >= 15 is 0 Å². The zero-order valence-electron chi connectivity index (χ0n) is 15.5. The first-order valence-electron chi connectivity index (χ1n) is 9.16. The lowest BCUT2D eigenvalue weighted by Gasteiger charge is -2.33. The molecule has 1 aromatic rings. The molecule has 1 saturated heterocycles. The number of urea groups is 1. The maximum absolute atomic E-state index is 12.3. The van der Waals surface area contributed by atoms with Gasteiger partial charge in [0.1, 0.15) is 0 Å². The van der Waals surface area contributed by atoms with Crippen molar-refractivity contribution in [2.24, 2.45) is 0 Å². The van der Waals surface area contributed by atoms with Crippen LogP contribution >= 0.6 is 0 Å². The summed E-state index contributed by atoms with van der Waals surface area (Å²) in [6.07, 6.45) is 3.03. The summed E-state index contributed by atoms with van der Waals surface area (Å²) >= 11 is 0. The van der Waals surface area contributed by atoms with Gasteiger partial charge in [0.15, 0.2) is 0 Å². The van der Waals surface area contributed by atoms with Crippen molar-refractivity contribution in [1.82, 2.24) is 15.5 Å². The Balaban J connectivity index is 1.76. The number of aryl methyl sites for hydroxylation is 1. The molecule has 0 spiro atoms. The van der Waals surface area contributed by atoms with E-state index in [0.717, 1.165) is 24.8 Å². The van der Waals surface area contributed by atoms with Crippen LogP contribution < -0.4 is 16.0 Å². The minimum Gasteiger partial charge on any atom is -0.352 e. The second-order valence-electron chi connectivity index (χ2n) is 6.67. The summed E-state index contributed by atoms with van der Waals surface area (Å²) < 4.78 is 0. The Kier molecular flexibility index (Phi) is 7.44. The summed E-state index contributed by atoms with van der Waals surface area (Å²) in [5, 5.41) is 8.28. The molecule has 0 aromatic heterocycles. The third-order valence-corrected chi connectivity index (χ3v) is 4.29. The van der Waals surface area contributed by atoms with Gasteiger partial charge in [-0.25, -0.2) is 4.79 Å². The second-order valence-corrected chi connectivity index (χ2v) is 6.67. The molecule has 4 amide bonds. The van der Waals surface area contributed by atoms with E-state index in [-0.39, 0.29) is 24.4 Å². The number of carbonyl (C=O) groups is 3. The molecule has 1 atom stereocenters. The van der Waals surface area contributed by atoms with Crippen molar-refractivity contribution < 1.29 is 14.4 Å². The van der Waals surface area contributed by atoms with Crippen molar-refractivity contribution >= 4 is 23.5 Å². The standard InChI is InChI=1S/C19H28N4O3/c1-3-6-17(24)21-16-9-5-10-23(13-16)18(25)12-20-19(26)22-15-8-4-7-14(2)11-15/h4,7-8,11,16H,3,5-6,9-10,12-13H2,1-2H3,(H,21,24)(H2,20,22,26). The molecule has 1 fully saturated rings. The molecular weight excluding hydrogens is 332 g/mol. The monoisotopic (exact) mass is 360 g/mol. The molecule has 26 heavy (non-hydrogen) atoms. The van der Waals surface area contributed by atoms with Gasteiger partial charge in [-0.1, -0.05) is 19.1 Å². The molecular formula is C19H28N4O3. The highest BCUT2D eigenvalue weighted by Gasteiger charge is 2.24. The Labute approximate surface area is 154 Å². The van der Waals surface area contributed by atoms with Crippen molar-refractivity contribution in [1.29, 1.82) is 0 Å². The van der Waals surface area contributed by atoms with Gasteiger partial charge in [-0.3, -0.25) is 9.59 Å². The number of rotatable bonds is 6. The summed E-state index contributed by atoms with van der Waals surface area (Å²) in [7, 11) is 0. The molecule has 1 aliphatic rings. The smallest absolute Gasteiger partial charge is 0.319 e. The van der Waals surface area contributed by atoms with E-state index in [9.17, 15) is 14.4 Å². The van der Waals surface area contributed by atoms with Gasteiger partial charge in [-0.2, -0.15) is 0 Å². The lowest BCUT2D eigenvalue weighted by Crippen LogP contribution is -2.51. The number of carbonyl (C=O) groups excluding carboxylic acids is 3. The van der Waals surface area contributed by atoms with Crippen LogP contribution in [0, 0.1) is 6.92 Å². The van der Waals surface area contributed by atoms with E-state index in [1.165, 1.54) is 0 Å². The number of nitrogens with one attached hydrogen (secondary N) is 3. The van der Waals surface area contributed by atoms with Crippen LogP contribution in [0.25, 0.3) is 0 Å². The molecule has 0 bridgehead atoms. The normalized spacial score (nSPS) is 16.7. The maximum atomic E-state index is 12.3. The summed E-state index contributed by atoms with van der Waals surface area (Å²) in [6.45, 7) is 4.99. The third kappa shape index (κ3) is 6.38. The topological polar surface area (TPSA) is 90.5 Å². The second kappa shape index (κ2) is 9.79. The van der Waals surface area contributed by atoms with Crippen molar-refractivity contribution in [3.8, 4) is 0 Å². The molecule has 7 nitrogen and oxygen atoms in total. The number of hydrogen-bond donors (Lipinski definition) is 3. The predicted octanol–water partition coefficient (Wildman–Crippen LogP) is 2.02. The van der Waals surface area contributed by atoms with Gasteiger partial charge in [0.25, 0.3) is 0 Å². The van der Waals surface area contributed by atoms with Gasteiger partial charge in [0.2, 0.25) is 11.8 Å². The number of hydrogen-bond acceptors (Lipinski definition) is 3. The van der Waals surface area contributed by atoms with E-state index in [0.29, 0.717) is 25.2 Å². The van der Waals surface area contributed by atoms with Crippen molar-refractivity contribution in [2.75, 3.05) is 25.0 Å². The minimum atomic E-state index is -0.409. The van der Waals surface area contributed by atoms with Gasteiger partial charge in [-0.15, -0.1) is 0 Å². The molecule has 1 aromatic carbocycles. The van der Waals surface area contributed by atoms with Crippen molar-refractivity contribution in [3.63, 3.8) is 0 Å². The van der Waals surface area contributed by atoms with Crippen LogP contribution in [-0.2, 0) is 9.59 Å². The van der Waals surface area contributed by atoms with Crippen LogP contribution in [0.4, 0.5) is 10.5 Å². The van der Waals surface area contributed by atoms with Crippen LogP contribution in [0.2, 0.25) is 0 Å². The van der Waals surface area contributed by atoms with Crippen LogP contribution in [-0.4, -0.2) is 48.4 Å². The van der Waals surface area contributed by atoms with Crippen LogP contribution in [0.3, 0.4) is 0 Å². The highest BCUT2D eigenvalue weighted by atomic mass is 16.2. The lowest BCUT2D eigenvalue weighted by atomic mass is 10.1. The van der Waals surface area contributed by atoms with Crippen LogP contribution in [0.15, 0.2) is 24.3 Å². The fraction of sp³-hybridized carbons (Fsp3) is 0.526. The number of piperidine rings is 1. The Morgan fingerprint density at radius 2 is 2.08 bits per heavy atom. The molecule has 3 N–H and O–H groups in total. The predicted molar refractivity (Wildman–Crippen MR) is 101 cm³/mol. The summed E-state index contributed by atoms with van der Waals surface area (Å²) in [6, 6.07) is 7.04. The Hall–Kier alpha value is -2.57. The van der Waals surface area contributed by atoms with Crippen LogP contribution in [0.5, 0.6) is 0 Å². The number of likely N-dealkylation sites (tertiary alicyclic amines) is 1. The van der Waals surface area contributed by atoms with Gasteiger partial charge in [0.05, 0.1) is 6.54 Å². The first-order chi connectivity index (χ1) is 12.5. The molecule has 1 aliphatic heterocycles. The zero-order chi connectivity index (χ0) is 18.9. The molecule has 142 valence electrons. The molecule has 0 saturated carbocycles. The van der Waals surface area contributed by atoms with Gasteiger partial charge in [-0.05, 0) is 43.9 Å². The highest BCUT2D eigenvalue weighted by molar-refractivity contribution is 5.92. The Morgan fingerprint density at radius 1 is 1.27 bits per heavy atom. The average molecular weight is 360 g/mol. The van der Waals surface area contributed by atoms with E-state index < -0.39 is 6.03 Å². The Morgan fingerprint density at radius 3 is 2.81 bits per heavy atom. The largest absolute Gasteiger partial charge is 0.352 e. The molecule has 1 unspecified atom stereocenters. The molecule has 0 radical (unpaired) electrons.